The largest absolute Gasteiger partial charge is 1.00 e. The van der Waals surface area contributed by atoms with Crippen molar-refractivity contribution in [1.29, 1.82) is 0 Å². The zero-order valence-electron chi connectivity index (χ0n) is 47.1. The molecule has 0 spiro atoms. The van der Waals surface area contributed by atoms with E-state index in [4.69, 9.17) is 18.9 Å². The normalized spacial score (nSPS) is 15.9. The summed E-state index contributed by atoms with van der Waals surface area (Å²) >= 11 is 0. The number of esters is 1. The Balaban J connectivity index is 0.000000197. The molecule has 82 heavy (non-hydrogen) atoms. The number of methoxy groups -OCH3 is 2. The summed E-state index contributed by atoms with van der Waals surface area (Å²) in [6, 6.07) is 63.0. The first-order chi connectivity index (χ1) is 38.6. The summed E-state index contributed by atoms with van der Waals surface area (Å²) in [7, 11) is 4.99. The van der Waals surface area contributed by atoms with E-state index < -0.39 is 6.29 Å². The molecule has 9 aromatic carbocycles. The van der Waals surface area contributed by atoms with E-state index >= 15 is 0 Å². The van der Waals surface area contributed by atoms with Crippen LogP contribution in [0.15, 0.2) is 182 Å². The first-order valence-electron chi connectivity index (χ1n) is 27.1. The van der Waals surface area contributed by atoms with Gasteiger partial charge in [0.25, 0.3) is 0 Å². The summed E-state index contributed by atoms with van der Waals surface area (Å²) in [4.78, 5) is 28.2. The molecule has 420 valence electrons. The van der Waals surface area contributed by atoms with Crippen LogP contribution in [0.2, 0.25) is 0 Å². The van der Waals surface area contributed by atoms with Crippen LogP contribution >= 0.6 is 0 Å². The third-order valence-electron chi connectivity index (χ3n) is 15.6. The fourth-order valence-electron chi connectivity index (χ4n) is 11.6. The van der Waals surface area contributed by atoms with Crippen molar-refractivity contribution in [2.24, 2.45) is 0 Å². The van der Waals surface area contributed by atoms with E-state index in [0.717, 1.165) is 57.4 Å². The average molecular weight is 1110 g/mol. The van der Waals surface area contributed by atoms with Crippen molar-refractivity contribution in [2.75, 3.05) is 47.6 Å². The molecule has 3 heterocycles. The number of likely N-dealkylation sites (N-methyl/N-ethyl adjacent to an activating group) is 1. The van der Waals surface area contributed by atoms with Crippen LogP contribution in [0, 0.1) is 0 Å². The minimum absolute atomic E-state index is 0. The first-order valence-corrected chi connectivity index (χ1v) is 27.1. The standard InChI is InChI=1S/C25H26O5.C22H21NO3.C21H21NO.CH4.Al.Li.4H/c1-28-24(27)11-10-21(20-8-7-18-4-2-3-5-19(18)15-20)22-9-6-17(16-26)14-23(22)25-29-12-13-30-25;1-26-22(25)23-12-19-10-15(14-24)6-9-20(19)21(13-23)18-8-7-16-4-2-3-5-17(16)11-18;1-22-12-19-10-15(14-23)6-9-20(19)21(13-22)18-8-7-16-4-2-3-5-17(16)11-18;;;;;;;/h2-9,14-15,21,25-26H,10-13,16H2,1H3;2-11,21,24H,12-14H2,1H3;2-11,21,23H,12-14H2,1H3;1H4;;;;;;/q;;;;;+1;;;;-1/t3*21-;;;;;;;/m000......./s1. The number of rotatable bonds is 11. The molecule has 11 nitrogen and oxygen atoms in total. The third kappa shape index (κ3) is 14.6. The predicted octanol–water partition coefficient (Wildman–Crippen LogP) is 8.99. The van der Waals surface area contributed by atoms with Gasteiger partial charge in [-0.3, -0.25) is 4.79 Å². The molecular formula is C69H76AlLiN2O9. The molecule has 0 unspecified atom stereocenters. The number of hydrogen-bond acceptors (Lipinski definition) is 10. The minimum atomic E-state index is -0.465. The predicted molar refractivity (Wildman–Crippen MR) is 327 cm³/mol. The van der Waals surface area contributed by atoms with E-state index in [0.29, 0.717) is 45.1 Å². The molecular weight excluding hydrogens is 1030 g/mol. The van der Waals surface area contributed by atoms with E-state index in [-0.39, 0.29) is 88.8 Å². The molecule has 3 aliphatic rings. The fourth-order valence-corrected chi connectivity index (χ4v) is 11.6. The summed E-state index contributed by atoms with van der Waals surface area (Å²) in [5.41, 5.74) is 13.3. The Kier molecular flexibility index (Phi) is 22.7. The number of nitrogens with zero attached hydrogens (tertiary/aromatic N) is 2. The Hall–Kier alpha value is -6.61. The second-order valence-corrected chi connectivity index (χ2v) is 20.7. The number of amides is 1. The molecule has 0 aromatic heterocycles. The Morgan fingerprint density at radius 2 is 1.04 bits per heavy atom. The smallest absolute Gasteiger partial charge is 1.00 e. The van der Waals surface area contributed by atoms with Crippen molar-refractivity contribution in [2.45, 2.75) is 77.2 Å². The van der Waals surface area contributed by atoms with E-state index in [9.17, 15) is 24.9 Å². The summed E-state index contributed by atoms with van der Waals surface area (Å²) in [6.45, 7) is 4.19. The Morgan fingerprint density at radius 3 is 1.56 bits per heavy atom. The van der Waals surface area contributed by atoms with Crippen molar-refractivity contribution in [3.63, 3.8) is 0 Å². The van der Waals surface area contributed by atoms with E-state index in [1.807, 2.05) is 54.6 Å². The first kappa shape index (κ1) is 63.0. The summed E-state index contributed by atoms with van der Waals surface area (Å²) in [6.07, 6.45) is 0.119. The Morgan fingerprint density at radius 1 is 0.561 bits per heavy atom. The molecule has 9 aromatic rings. The zero-order chi connectivity index (χ0) is 54.8. The van der Waals surface area contributed by atoms with Crippen molar-refractivity contribution in [3.8, 4) is 0 Å². The maximum absolute atomic E-state index is 12.2. The molecule has 1 amide bonds. The van der Waals surface area contributed by atoms with E-state index in [1.54, 1.807) is 4.90 Å². The molecule has 3 atom stereocenters. The molecule has 0 aliphatic carbocycles. The van der Waals surface area contributed by atoms with E-state index in [1.165, 1.54) is 69.0 Å². The van der Waals surface area contributed by atoms with Crippen molar-refractivity contribution < 1.29 is 64.1 Å². The quantitative estimate of drug-likeness (QED) is 0.0851. The number of aliphatic hydroxyl groups excluding tert-OH is 3. The molecule has 1 saturated heterocycles. The molecule has 3 N–H and O–H groups in total. The van der Waals surface area contributed by atoms with Crippen molar-refractivity contribution in [3.05, 3.63) is 249 Å². The molecule has 3 aliphatic heterocycles. The Bertz CT molecular complexity index is 3620. The van der Waals surface area contributed by atoms with Crippen LogP contribution in [0.1, 0.15) is 113 Å². The van der Waals surface area contributed by atoms with E-state index in [2.05, 4.69) is 139 Å². The number of carbonyl (C=O) groups excluding carboxylic acids is 2. The van der Waals surface area contributed by atoms with Gasteiger partial charge in [0, 0.05) is 55.9 Å². The van der Waals surface area contributed by atoms with Gasteiger partial charge in [0.15, 0.2) is 23.7 Å². The summed E-state index contributed by atoms with van der Waals surface area (Å²) in [5.74, 6) is 0.197. The van der Waals surface area contributed by atoms with Crippen LogP contribution in [-0.2, 0) is 56.7 Å². The number of carbonyl (C=O) groups is 2. The number of fused-ring (bicyclic) bond motifs is 5. The Labute approximate surface area is 506 Å². The second kappa shape index (κ2) is 29.6. The van der Waals surface area contributed by atoms with Gasteiger partial charge in [0.1, 0.15) is 0 Å². The van der Waals surface area contributed by atoms with Crippen molar-refractivity contribution in [1.82, 2.24) is 9.80 Å². The van der Waals surface area contributed by atoms with Crippen LogP contribution in [-0.4, -0.2) is 102 Å². The monoisotopic (exact) mass is 1110 g/mol. The maximum atomic E-state index is 12.2. The molecule has 0 saturated carbocycles. The number of ether oxygens (including phenoxy) is 4. The van der Waals surface area contributed by atoms with Crippen LogP contribution < -0.4 is 18.9 Å². The van der Waals surface area contributed by atoms with Crippen LogP contribution in [0.3, 0.4) is 0 Å². The molecule has 1 fully saturated rings. The van der Waals surface area contributed by atoms with Gasteiger partial charge in [-0.05, 0) is 113 Å². The number of hydrogen-bond donors (Lipinski definition) is 3. The van der Waals surface area contributed by atoms with Gasteiger partial charge in [-0.2, -0.15) is 0 Å². The van der Waals surface area contributed by atoms with Gasteiger partial charge < -0.3 is 45.5 Å². The van der Waals surface area contributed by atoms with Gasteiger partial charge in [0.05, 0.1) is 47.3 Å². The number of benzene rings is 9. The molecule has 12 rings (SSSR count). The topological polar surface area (TPSA) is 138 Å². The van der Waals surface area contributed by atoms with Crippen LogP contribution in [0.5, 0.6) is 0 Å². The average Bonchev–Trinajstić information content (AvgIpc) is 3.78. The SMILES string of the molecule is C.CN1Cc2cc(CO)ccc2[C@H](c2ccc3ccccc3c2)C1.COC(=O)CC[C@@H](c1ccc2ccccc2c1)c1ccc(CO)cc1C1OCCO1.COC(=O)N1Cc2cc(CO)ccc2[C@H](c2ccc3ccccc3c2)C1.[AlH3].[H-].[Li+]. The van der Waals surface area contributed by atoms with Gasteiger partial charge in [-0.25, -0.2) is 4.79 Å². The maximum Gasteiger partial charge on any atom is 1.00 e. The summed E-state index contributed by atoms with van der Waals surface area (Å²) < 4.78 is 21.4. The molecule has 13 heteroatoms. The van der Waals surface area contributed by atoms with Crippen LogP contribution in [0.4, 0.5) is 4.79 Å². The summed E-state index contributed by atoms with van der Waals surface area (Å²) in [5, 5.41) is 35.8. The van der Waals surface area contributed by atoms with Gasteiger partial charge in [-0.15, -0.1) is 0 Å². The fraction of sp³-hybridized carbons (Fsp3) is 0.275. The van der Waals surface area contributed by atoms with Gasteiger partial charge in [0.2, 0.25) is 0 Å². The minimum Gasteiger partial charge on any atom is -1.00 e. The van der Waals surface area contributed by atoms with Gasteiger partial charge in [-0.1, -0.05) is 183 Å². The third-order valence-corrected chi connectivity index (χ3v) is 15.6. The number of aliphatic hydroxyl groups is 3. The van der Waals surface area contributed by atoms with Crippen LogP contribution in [0.25, 0.3) is 32.3 Å². The molecule has 0 bridgehead atoms. The molecule has 0 radical (unpaired) electrons. The van der Waals surface area contributed by atoms with Crippen molar-refractivity contribution >= 4 is 61.7 Å². The zero-order valence-corrected chi connectivity index (χ0v) is 46.1. The second-order valence-electron chi connectivity index (χ2n) is 20.7. The van der Waals surface area contributed by atoms with Gasteiger partial charge >= 0.3 is 30.9 Å².